The van der Waals surface area contributed by atoms with Gasteiger partial charge in [-0.05, 0) is 42.2 Å². The summed E-state index contributed by atoms with van der Waals surface area (Å²) in [6.07, 6.45) is 7.20. The second kappa shape index (κ2) is 11.3. The van der Waals surface area contributed by atoms with E-state index in [0.717, 1.165) is 24.0 Å². The van der Waals surface area contributed by atoms with Crippen molar-refractivity contribution >= 4 is 8.60 Å². The van der Waals surface area contributed by atoms with Crippen molar-refractivity contribution in [3.05, 3.63) is 54.1 Å². The minimum Gasteiger partial charge on any atom is -0.427 e. The first-order valence-electron chi connectivity index (χ1n) is 9.16. The Morgan fingerprint density at radius 1 is 0.880 bits per heavy atom. The first-order chi connectivity index (χ1) is 12.2. The first-order valence-corrected chi connectivity index (χ1v) is 10.3. The van der Waals surface area contributed by atoms with Gasteiger partial charge in [-0.15, -0.1) is 0 Å². The van der Waals surface area contributed by atoms with Crippen molar-refractivity contribution in [3.63, 3.8) is 0 Å². The molecule has 2 aromatic carbocycles. The SMILES string of the molecule is CCCCCCCCOP(O)Oc1ccc(-c2ccccc2)cc1C. The summed E-state index contributed by atoms with van der Waals surface area (Å²) in [5.74, 6) is 0.677. The number of unbranched alkanes of at least 4 members (excludes halogenated alkanes) is 5. The minimum absolute atomic E-state index is 0.551. The molecular formula is C21H29O3P. The predicted molar refractivity (Wildman–Crippen MR) is 106 cm³/mol. The van der Waals surface area contributed by atoms with Gasteiger partial charge in [-0.1, -0.05) is 75.4 Å². The summed E-state index contributed by atoms with van der Waals surface area (Å²) in [7, 11) is -1.86. The van der Waals surface area contributed by atoms with Crippen LogP contribution in [0.5, 0.6) is 5.75 Å². The zero-order valence-corrected chi connectivity index (χ0v) is 16.2. The molecule has 0 spiro atoms. The summed E-state index contributed by atoms with van der Waals surface area (Å²) in [6.45, 7) is 4.75. The maximum absolute atomic E-state index is 9.97. The van der Waals surface area contributed by atoms with Gasteiger partial charge in [-0.3, -0.25) is 0 Å². The van der Waals surface area contributed by atoms with Crippen LogP contribution in [0.2, 0.25) is 0 Å². The summed E-state index contributed by atoms with van der Waals surface area (Å²) < 4.78 is 11.0. The van der Waals surface area contributed by atoms with Crippen LogP contribution in [0.4, 0.5) is 0 Å². The summed E-state index contributed by atoms with van der Waals surface area (Å²) in [5.41, 5.74) is 3.30. The highest BCUT2D eigenvalue weighted by Crippen LogP contribution is 2.37. The molecule has 4 heteroatoms. The normalized spacial score (nSPS) is 12.1. The third-order valence-electron chi connectivity index (χ3n) is 4.16. The molecule has 1 unspecified atom stereocenters. The topological polar surface area (TPSA) is 38.7 Å². The Morgan fingerprint density at radius 3 is 2.32 bits per heavy atom. The van der Waals surface area contributed by atoms with Crippen molar-refractivity contribution in [2.75, 3.05) is 6.61 Å². The molecule has 25 heavy (non-hydrogen) atoms. The van der Waals surface area contributed by atoms with Crippen LogP contribution in [0.3, 0.4) is 0 Å². The molecule has 0 bridgehead atoms. The van der Waals surface area contributed by atoms with Gasteiger partial charge in [0.15, 0.2) is 0 Å². The summed E-state index contributed by atoms with van der Waals surface area (Å²) >= 11 is 0. The summed E-state index contributed by atoms with van der Waals surface area (Å²) in [5, 5.41) is 0. The lowest BCUT2D eigenvalue weighted by atomic mass is 10.0. The maximum atomic E-state index is 9.97. The highest BCUT2D eigenvalue weighted by molar-refractivity contribution is 7.41. The number of hydrogen-bond donors (Lipinski definition) is 1. The van der Waals surface area contributed by atoms with E-state index in [4.69, 9.17) is 9.05 Å². The lowest BCUT2D eigenvalue weighted by Gasteiger charge is -2.14. The van der Waals surface area contributed by atoms with Crippen LogP contribution in [0.1, 0.15) is 51.0 Å². The van der Waals surface area contributed by atoms with E-state index >= 15 is 0 Å². The Hall–Kier alpha value is -1.41. The molecule has 0 heterocycles. The van der Waals surface area contributed by atoms with Crippen molar-refractivity contribution in [2.24, 2.45) is 0 Å². The first kappa shape index (κ1) is 19.9. The van der Waals surface area contributed by atoms with Crippen molar-refractivity contribution in [1.29, 1.82) is 0 Å². The van der Waals surface area contributed by atoms with Crippen molar-refractivity contribution < 1.29 is 13.9 Å². The van der Waals surface area contributed by atoms with E-state index in [0.29, 0.717) is 12.4 Å². The lowest BCUT2D eigenvalue weighted by molar-refractivity contribution is 0.253. The predicted octanol–water partition coefficient (Wildman–Crippen LogP) is 6.64. The average molecular weight is 360 g/mol. The maximum Gasteiger partial charge on any atom is 0.394 e. The van der Waals surface area contributed by atoms with Crippen LogP contribution in [-0.4, -0.2) is 11.5 Å². The fourth-order valence-electron chi connectivity index (χ4n) is 2.70. The molecule has 2 aromatic rings. The van der Waals surface area contributed by atoms with E-state index in [1.54, 1.807) is 0 Å². The van der Waals surface area contributed by atoms with Crippen LogP contribution in [-0.2, 0) is 4.52 Å². The third-order valence-corrected chi connectivity index (χ3v) is 4.91. The van der Waals surface area contributed by atoms with Gasteiger partial charge in [-0.2, -0.15) is 0 Å². The van der Waals surface area contributed by atoms with Crippen molar-refractivity contribution in [2.45, 2.75) is 52.4 Å². The van der Waals surface area contributed by atoms with Crippen LogP contribution >= 0.6 is 8.60 Å². The second-order valence-corrected chi connectivity index (χ2v) is 7.19. The Balaban J connectivity index is 1.76. The Kier molecular flexibility index (Phi) is 8.96. The second-order valence-electron chi connectivity index (χ2n) is 6.28. The molecule has 1 atom stereocenters. The summed E-state index contributed by atoms with van der Waals surface area (Å²) in [6, 6.07) is 16.2. The molecule has 1 N–H and O–H groups in total. The highest BCUT2D eigenvalue weighted by atomic mass is 31.2. The van der Waals surface area contributed by atoms with Gasteiger partial charge < -0.3 is 13.9 Å². The molecular weight excluding hydrogens is 331 g/mol. The Morgan fingerprint density at radius 2 is 1.60 bits per heavy atom. The zero-order valence-electron chi connectivity index (χ0n) is 15.3. The van der Waals surface area contributed by atoms with E-state index in [-0.39, 0.29) is 0 Å². The molecule has 0 amide bonds. The number of aryl methyl sites for hydroxylation is 1. The van der Waals surface area contributed by atoms with Gasteiger partial charge in [0.2, 0.25) is 0 Å². The molecule has 3 nitrogen and oxygen atoms in total. The molecule has 136 valence electrons. The smallest absolute Gasteiger partial charge is 0.394 e. The molecule has 0 fully saturated rings. The Bertz CT molecular complexity index is 616. The monoisotopic (exact) mass is 360 g/mol. The summed E-state index contributed by atoms with van der Waals surface area (Å²) in [4.78, 5) is 9.97. The van der Waals surface area contributed by atoms with Gasteiger partial charge in [0.1, 0.15) is 5.75 Å². The third kappa shape index (κ3) is 7.15. The van der Waals surface area contributed by atoms with E-state index in [1.165, 1.54) is 31.2 Å². The largest absolute Gasteiger partial charge is 0.427 e. The van der Waals surface area contributed by atoms with Crippen LogP contribution in [0, 0.1) is 6.92 Å². The van der Waals surface area contributed by atoms with Crippen molar-refractivity contribution in [1.82, 2.24) is 0 Å². The van der Waals surface area contributed by atoms with Gasteiger partial charge in [-0.25, -0.2) is 0 Å². The van der Waals surface area contributed by atoms with Gasteiger partial charge in [0.05, 0.1) is 6.61 Å². The zero-order chi connectivity index (χ0) is 17.9. The molecule has 0 saturated carbocycles. The van der Waals surface area contributed by atoms with Crippen LogP contribution in [0.15, 0.2) is 48.5 Å². The van der Waals surface area contributed by atoms with Gasteiger partial charge >= 0.3 is 8.60 Å². The standard InChI is InChI=1S/C21H29O3P/c1-3-4-5-6-7-11-16-23-25(22)24-21-15-14-20(17-18(21)2)19-12-9-8-10-13-19/h8-10,12-15,17,22H,3-7,11,16H2,1-2H3. The highest BCUT2D eigenvalue weighted by Gasteiger charge is 2.11. The van der Waals surface area contributed by atoms with E-state index in [2.05, 4.69) is 25.1 Å². The van der Waals surface area contributed by atoms with Crippen LogP contribution in [0.25, 0.3) is 11.1 Å². The molecule has 0 aliphatic carbocycles. The molecule has 2 rings (SSSR count). The van der Waals surface area contributed by atoms with E-state index in [1.807, 2.05) is 37.3 Å². The van der Waals surface area contributed by atoms with Crippen LogP contribution < -0.4 is 4.52 Å². The average Bonchev–Trinajstić information content (AvgIpc) is 2.63. The lowest BCUT2D eigenvalue weighted by Crippen LogP contribution is -1.96. The number of hydrogen-bond acceptors (Lipinski definition) is 3. The quantitative estimate of drug-likeness (QED) is 0.361. The van der Waals surface area contributed by atoms with E-state index < -0.39 is 8.60 Å². The number of rotatable bonds is 11. The van der Waals surface area contributed by atoms with Gasteiger partial charge in [0, 0.05) is 0 Å². The fourth-order valence-corrected chi connectivity index (χ4v) is 3.41. The molecule has 0 aromatic heterocycles. The fraction of sp³-hybridized carbons (Fsp3) is 0.429. The van der Waals surface area contributed by atoms with Crippen molar-refractivity contribution in [3.8, 4) is 16.9 Å². The molecule has 0 radical (unpaired) electrons. The minimum atomic E-state index is -1.86. The molecule has 0 aliphatic heterocycles. The van der Waals surface area contributed by atoms with Gasteiger partial charge in [0.25, 0.3) is 0 Å². The van der Waals surface area contributed by atoms with E-state index in [9.17, 15) is 4.89 Å². The molecule has 0 aliphatic rings. The number of benzene rings is 2. The molecule has 0 saturated heterocycles. The Labute approximate surface area is 153 Å².